The molecule has 2 aromatic heterocycles. The lowest BCUT2D eigenvalue weighted by Crippen LogP contribution is -2.01. The van der Waals surface area contributed by atoms with Crippen LogP contribution >= 0.6 is 27.3 Å². The Hall–Kier alpha value is -0.610. The smallest absolute Gasteiger partial charge is 0.256 e. The lowest BCUT2D eigenvalue weighted by Gasteiger charge is -1.83. The molecule has 0 unspecified atom stereocenters. The molecule has 2 rings (SSSR count). The fourth-order valence-corrected chi connectivity index (χ4v) is 2.48. The van der Waals surface area contributed by atoms with Gasteiger partial charge in [-0.15, -0.1) is 11.3 Å². The molecule has 0 aliphatic rings. The number of H-pyrrole nitrogens is 1. The van der Waals surface area contributed by atoms with Gasteiger partial charge in [-0.1, -0.05) is 0 Å². The summed E-state index contributed by atoms with van der Waals surface area (Å²) in [6.07, 6.45) is 1.66. The number of halogens is 1. The van der Waals surface area contributed by atoms with Gasteiger partial charge < -0.3 is 4.98 Å². The topological polar surface area (TPSA) is 32.9 Å². The summed E-state index contributed by atoms with van der Waals surface area (Å²) in [5, 5.41) is 0.754. The van der Waals surface area contributed by atoms with Crippen LogP contribution in [0.4, 0.5) is 0 Å². The number of aromatic amines is 1. The number of thiophene rings is 1. The van der Waals surface area contributed by atoms with Crippen molar-refractivity contribution in [1.29, 1.82) is 0 Å². The molecular weight excluding hydrogens is 226 g/mol. The number of pyridine rings is 1. The molecule has 2 aromatic rings. The van der Waals surface area contributed by atoms with Gasteiger partial charge in [0.05, 0.1) is 9.17 Å². The Labute approximate surface area is 75.0 Å². The molecule has 0 aromatic carbocycles. The second-order valence-corrected chi connectivity index (χ2v) is 4.60. The van der Waals surface area contributed by atoms with Gasteiger partial charge in [0, 0.05) is 10.9 Å². The zero-order chi connectivity index (χ0) is 7.84. The molecule has 0 aliphatic carbocycles. The van der Waals surface area contributed by atoms with E-state index >= 15 is 0 Å². The van der Waals surface area contributed by atoms with E-state index in [-0.39, 0.29) is 5.56 Å². The third kappa shape index (κ3) is 1.12. The Morgan fingerprint density at radius 3 is 3.09 bits per heavy atom. The molecule has 0 aliphatic heterocycles. The van der Waals surface area contributed by atoms with Crippen LogP contribution in [0, 0.1) is 0 Å². The van der Waals surface area contributed by atoms with Crippen molar-refractivity contribution in [1.82, 2.24) is 4.98 Å². The first-order chi connectivity index (χ1) is 5.27. The zero-order valence-electron chi connectivity index (χ0n) is 5.43. The lowest BCUT2D eigenvalue weighted by molar-refractivity contribution is 1.28. The maximum Gasteiger partial charge on any atom is 0.256 e. The lowest BCUT2D eigenvalue weighted by atomic mass is 10.3. The largest absolute Gasteiger partial charge is 0.329 e. The molecule has 2 nitrogen and oxygen atoms in total. The molecule has 0 atom stereocenters. The van der Waals surface area contributed by atoms with Crippen LogP contribution in [0.3, 0.4) is 0 Å². The highest BCUT2D eigenvalue weighted by molar-refractivity contribution is 9.11. The fraction of sp³-hybridized carbons (Fsp3) is 0. The molecule has 0 bridgehead atoms. The molecule has 0 spiro atoms. The molecule has 0 fully saturated rings. The van der Waals surface area contributed by atoms with Crippen molar-refractivity contribution in [2.45, 2.75) is 0 Å². The monoisotopic (exact) mass is 229 g/mol. The number of hydrogen-bond donors (Lipinski definition) is 1. The van der Waals surface area contributed by atoms with Crippen LogP contribution in [-0.2, 0) is 0 Å². The van der Waals surface area contributed by atoms with Crippen LogP contribution in [0.25, 0.3) is 10.1 Å². The Bertz CT molecular complexity index is 445. The molecular formula is C7H4BrNOS. The van der Waals surface area contributed by atoms with E-state index in [1.54, 1.807) is 17.5 Å². The first kappa shape index (κ1) is 7.06. The van der Waals surface area contributed by atoms with Crippen molar-refractivity contribution in [3.63, 3.8) is 0 Å². The third-order valence-electron chi connectivity index (χ3n) is 1.42. The molecule has 4 heteroatoms. The average molecular weight is 230 g/mol. The fourth-order valence-electron chi connectivity index (χ4n) is 0.946. The van der Waals surface area contributed by atoms with Crippen LogP contribution in [0.2, 0.25) is 0 Å². The maximum absolute atomic E-state index is 11.1. The third-order valence-corrected chi connectivity index (χ3v) is 3.03. The number of rotatable bonds is 0. The van der Waals surface area contributed by atoms with E-state index in [2.05, 4.69) is 20.9 Å². The van der Waals surface area contributed by atoms with Crippen LogP contribution in [-0.4, -0.2) is 4.98 Å². The van der Waals surface area contributed by atoms with Crippen molar-refractivity contribution >= 4 is 37.4 Å². The second-order valence-electron chi connectivity index (χ2n) is 2.14. The highest BCUT2D eigenvalue weighted by Crippen LogP contribution is 2.26. The summed E-state index contributed by atoms with van der Waals surface area (Å²) in [4.78, 5) is 13.7. The van der Waals surface area contributed by atoms with Gasteiger partial charge in [0.25, 0.3) is 5.56 Å². The molecule has 56 valence electrons. The first-order valence-corrected chi connectivity index (χ1v) is 4.65. The van der Waals surface area contributed by atoms with E-state index < -0.39 is 0 Å². The van der Waals surface area contributed by atoms with Crippen LogP contribution in [0.1, 0.15) is 0 Å². The Kier molecular flexibility index (Phi) is 1.58. The van der Waals surface area contributed by atoms with Crippen molar-refractivity contribution in [3.05, 3.63) is 32.5 Å². The van der Waals surface area contributed by atoms with Gasteiger partial charge in [-0.3, -0.25) is 4.79 Å². The normalized spacial score (nSPS) is 10.6. The quantitative estimate of drug-likeness (QED) is 0.740. The Morgan fingerprint density at radius 2 is 2.36 bits per heavy atom. The molecule has 11 heavy (non-hydrogen) atoms. The van der Waals surface area contributed by atoms with Gasteiger partial charge in [-0.05, 0) is 28.1 Å². The highest BCUT2D eigenvalue weighted by Gasteiger charge is 2.00. The minimum absolute atomic E-state index is 0.0237. The SMILES string of the molecule is O=c1[nH]ccc2sc(Br)cc12. The van der Waals surface area contributed by atoms with E-state index in [1.807, 2.05) is 12.1 Å². The number of fused-ring (bicyclic) bond motifs is 1. The second kappa shape index (κ2) is 2.46. The molecule has 1 N–H and O–H groups in total. The van der Waals surface area contributed by atoms with Gasteiger partial charge in [0.1, 0.15) is 0 Å². The van der Waals surface area contributed by atoms with E-state index in [1.165, 1.54) is 0 Å². The van der Waals surface area contributed by atoms with Crippen molar-refractivity contribution in [2.75, 3.05) is 0 Å². The minimum atomic E-state index is -0.0237. The minimum Gasteiger partial charge on any atom is -0.329 e. The molecule has 0 amide bonds. The van der Waals surface area contributed by atoms with Gasteiger partial charge in [-0.25, -0.2) is 0 Å². The summed E-state index contributed by atoms with van der Waals surface area (Å²) in [6.45, 7) is 0. The van der Waals surface area contributed by atoms with Crippen LogP contribution < -0.4 is 5.56 Å². The standard InChI is InChI=1S/C7H4BrNOS/c8-6-3-4-5(11-6)1-2-9-7(4)10/h1-3H,(H,9,10). The predicted octanol–water partition coefficient (Wildman–Crippen LogP) is 2.35. The van der Waals surface area contributed by atoms with E-state index in [9.17, 15) is 4.79 Å². The van der Waals surface area contributed by atoms with Gasteiger partial charge in [-0.2, -0.15) is 0 Å². The maximum atomic E-state index is 11.1. The Morgan fingerprint density at radius 1 is 1.55 bits per heavy atom. The van der Waals surface area contributed by atoms with Crippen molar-refractivity contribution < 1.29 is 0 Å². The molecule has 0 radical (unpaired) electrons. The highest BCUT2D eigenvalue weighted by atomic mass is 79.9. The van der Waals surface area contributed by atoms with Gasteiger partial charge in [0.2, 0.25) is 0 Å². The molecule has 0 saturated heterocycles. The predicted molar refractivity (Wildman–Crippen MR) is 50.1 cm³/mol. The van der Waals surface area contributed by atoms with E-state index in [0.29, 0.717) is 0 Å². The van der Waals surface area contributed by atoms with Crippen molar-refractivity contribution in [3.8, 4) is 0 Å². The summed E-state index contributed by atoms with van der Waals surface area (Å²) in [5.74, 6) is 0. The van der Waals surface area contributed by atoms with Crippen molar-refractivity contribution in [2.24, 2.45) is 0 Å². The van der Waals surface area contributed by atoms with Gasteiger partial charge in [0.15, 0.2) is 0 Å². The summed E-state index contributed by atoms with van der Waals surface area (Å²) < 4.78 is 2.00. The van der Waals surface area contributed by atoms with E-state index in [4.69, 9.17) is 0 Å². The number of aromatic nitrogens is 1. The summed E-state index contributed by atoms with van der Waals surface area (Å²) in [7, 11) is 0. The number of hydrogen-bond acceptors (Lipinski definition) is 2. The summed E-state index contributed by atoms with van der Waals surface area (Å²) in [5.41, 5.74) is -0.0237. The molecule has 2 heterocycles. The zero-order valence-corrected chi connectivity index (χ0v) is 7.83. The van der Waals surface area contributed by atoms with Crippen LogP contribution in [0.5, 0.6) is 0 Å². The van der Waals surface area contributed by atoms with E-state index in [0.717, 1.165) is 13.9 Å². The first-order valence-electron chi connectivity index (χ1n) is 3.04. The Balaban J connectivity index is 3.02. The average Bonchev–Trinajstić information content (AvgIpc) is 2.31. The molecule has 0 saturated carbocycles. The summed E-state index contributed by atoms with van der Waals surface area (Å²) in [6, 6.07) is 3.73. The van der Waals surface area contributed by atoms with Gasteiger partial charge >= 0.3 is 0 Å². The summed E-state index contributed by atoms with van der Waals surface area (Å²) >= 11 is 4.89. The number of nitrogens with one attached hydrogen (secondary N) is 1. The van der Waals surface area contributed by atoms with Crippen LogP contribution in [0.15, 0.2) is 26.9 Å².